The third kappa shape index (κ3) is 2.89. The average Bonchev–Trinajstić information content (AvgIpc) is 2.90. The molecule has 0 unspecified atom stereocenters. The summed E-state index contributed by atoms with van der Waals surface area (Å²) in [5, 5.41) is 10.5. The van der Waals surface area contributed by atoms with E-state index in [1.807, 2.05) is 19.1 Å². The first-order valence-electron chi connectivity index (χ1n) is 6.96. The molecule has 0 fully saturated rings. The third-order valence-electron chi connectivity index (χ3n) is 3.57. The van der Waals surface area contributed by atoms with E-state index >= 15 is 0 Å². The lowest BCUT2D eigenvalue weighted by Crippen LogP contribution is -2.02. The van der Waals surface area contributed by atoms with Crippen LogP contribution in [-0.4, -0.2) is 10.1 Å². The molecular weight excluding hydrogens is 278 g/mol. The highest BCUT2D eigenvalue weighted by molar-refractivity contribution is 7.11. The highest BCUT2D eigenvalue weighted by Crippen LogP contribution is 2.35. The van der Waals surface area contributed by atoms with Crippen LogP contribution in [0, 0.1) is 6.92 Å². The van der Waals surface area contributed by atoms with Crippen LogP contribution in [0.2, 0.25) is 0 Å². The van der Waals surface area contributed by atoms with Gasteiger partial charge < -0.3 is 5.11 Å². The number of hydrogen-bond donors (Lipinski definition) is 1. The number of aromatic nitrogens is 1. The van der Waals surface area contributed by atoms with Gasteiger partial charge in [0.25, 0.3) is 0 Å². The van der Waals surface area contributed by atoms with Crippen molar-refractivity contribution in [2.24, 2.45) is 0 Å². The second-order valence-corrected chi connectivity index (χ2v) is 6.09. The predicted octanol–water partition coefficient (Wildman–Crippen LogP) is 4.12. The first kappa shape index (κ1) is 14.0. The molecule has 0 bridgehead atoms. The fraction of sp³-hybridized carbons (Fsp3) is 0.167. The van der Waals surface area contributed by atoms with Gasteiger partial charge in [-0.2, -0.15) is 0 Å². The summed E-state index contributed by atoms with van der Waals surface area (Å²) < 4.78 is 0. The molecule has 0 aliphatic rings. The molecule has 3 heteroatoms. The first-order chi connectivity index (χ1) is 10.3. The maximum atomic E-state index is 9.43. The smallest absolute Gasteiger partial charge is 0.105 e. The molecule has 1 heterocycles. The molecule has 0 radical (unpaired) electrons. The molecule has 0 aliphatic heterocycles. The van der Waals surface area contributed by atoms with Gasteiger partial charge >= 0.3 is 0 Å². The van der Waals surface area contributed by atoms with Crippen LogP contribution >= 0.6 is 11.3 Å². The Labute approximate surface area is 128 Å². The Hall–Kier alpha value is -1.97. The third-order valence-corrected chi connectivity index (χ3v) is 4.77. The van der Waals surface area contributed by atoms with Crippen molar-refractivity contribution < 1.29 is 5.11 Å². The minimum Gasteiger partial charge on any atom is -0.391 e. The van der Waals surface area contributed by atoms with Gasteiger partial charge in [0.05, 0.1) is 23.1 Å². The Bertz CT molecular complexity index is 667. The molecule has 106 valence electrons. The van der Waals surface area contributed by atoms with Crippen molar-refractivity contribution in [1.82, 2.24) is 4.98 Å². The zero-order chi connectivity index (χ0) is 14.7. The van der Waals surface area contributed by atoms with Crippen LogP contribution < -0.4 is 0 Å². The highest BCUT2D eigenvalue weighted by atomic mass is 32.1. The van der Waals surface area contributed by atoms with Gasteiger partial charge in [-0.15, -0.1) is 11.3 Å². The van der Waals surface area contributed by atoms with E-state index in [9.17, 15) is 5.11 Å². The maximum Gasteiger partial charge on any atom is 0.105 e. The molecule has 0 atom stereocenters. The number of rotatable bonds is 4. The lowest BCUT2D eigenvalue weighted by Gasteiger charge is -2.15. The van der Waals surface area contributed by atoms with Crippen LogP contribution in [0.25, 0.3) is 0 Å². The minimum absolute atomic E-state index is 0.0554. The van der Waals surface area contributed by atoms with E-state index in [0.29, 0.717) is 0 Å². The van der Waals surface area contributed by atoms with Crippen LogP contribution in [0.1, 0.15) is 32.6 Å². The zero-order valence-corrected chi connectivity index (χ0v) is 12.7. The molecule has 1 N–H and O–H groups in total. The molecule has 3 rings (SSSR count). The monoisotopic (exact) mass is 295 g/mol. The van der Waals surface area contributed by atoms with E-state index in [1.165, 1.54) is 11.1 Å². The summed E-state index contributed by atoms with van der Waals surface area (Å²) in [7, 11) is 0. The van der Waals surface area contributed by atoms with E-state index < -0.39 is 0 Å². The zero-order valence-electron chi connectivity index (χ0n) is 11.9. The molecule has 2 aromatic carbocycles. The van der Waals surface area contributed by atoms with Crippen LogP contribution in [0.5, 0.6) is 0 Å². The fourth-order valence-electron chi connectivity index (χ4n) is 2.49. The molecule has 1 aromatic heterocycles. The molecule has 2 nitrogen and oxygen atoms in total. The summed E-state index contributed by atoms with van der Waals surface area (Å²) >= 11 is 1.60. The minimum atomic E-state index is 0.0554. The Kier molecular flexibility index (Phi) is 4.13. The van der Waals surface area contributed by atoms with Crippen molar-refractivity contribution in [3.05, 3.63) is 87.4 Å². The summed E-state index contributed by atoms with van der Waals surface area (Å²) in [6.45, 7) is 2.01. The molecular formula is C18H17NOS. The number of aryl methyl sites for hydroxylation is 1. The van der Waals surface area contributed by atoms with Crippen molar-refractivity contribution in [2.75, 3.05) is 0 Å². The summed E-state index contributed by atoms with van der Waals surface area (Å²) in [4.78, 5) is 5.64. The number of benzene rings is 2. The van der Waals surface area contributed by atoms with Crippen molar-refractivity contribution in [1.29, 1.82) is 0 Å². The van der Waals surface area contributed by atoms with Crippen LogP contribution in [0.15, 0.2) is 60.7 Å². The van der Waals surface area contributed by atoms with Gasteiger partial charge in [-0.3, -0.25) is 0 Å². The normalized spacial score (nSPS) is 11.0. The number of hydrogen-bond acceptors (Lipinski definition) is 3. The fourth-order valence-corrected chi connectivity index (χ4v) is 3.57. The molecule has 0 saturated heterocycles. The topological polar surface area (TPSA) is 33.1 Å². The van der Waals surface area contributed by atoms with E-state index in [1.54, 1.807) is 11.3 Å². The van der Waals surface area contributed by atoms with Gasteiger partial charge in [0.2, 0.25) is 0 Å². The van der Waals surface area contributed by atoms with Crippen molar-refractivity contribution >= 4 is 11.3 Å². The van der Waals surface area contributed by atoms with Gasteiger partial charge in [-0.25, -0.2) is 4.98 Å². The summed E-state index contributed by atoms with van der Waals surface area (Å²) in [5.41, 5.74) is 3.37. The van der Waals surface area contributed by atoms with Crippen molar-refractivity contribution in [3.63, 3.8) is 0 Å². The maximum absolute atomic E-state index is 9.43. The Morgan fingerprint density at radius 1 is 0.952 bits per heavy atom. The molecule has 0 saturated carbocycles. The number of nitrogens with zero attached hydrogens (tertiary/aromatic N) is 1. The van der Waals surface area contributed by atoms with Crippen molar-refractivity contribution in [3.8, 4) is 0 Å². The van der Waals surface area contributed by atoms with Crippen LogP contribution in [-0.2, 0) is 6.61 Å². The Morgan fingerprint density at radius 3 is 1.90 bits per heavy atom. The summed E-state index contributed by atoms with van der Waals surface area (Å²) in [6.07, 6.45) is 0. The molecule has 0 amide bonds. The standard InChI is InChI=1S/C18H17NOS/c1-13-16(12-20)21-18(19-13)17(14-8-4-2-5-9-14)15-10-6-3-7-11-15/h2-11,17,20H,12H2,1H3. The first-order valence-corrected chi connectivity index (χ1v) is 7.78. The van der Waals surface area contributed by atoms with Gasteiger partial charge in [0.1, 0.15) is 5.01 Å². The molecule has 0 aliphatic carbocycles. The Morgan fingerprint density at radius 2 is 1.48 bits per heavy atom. The van der Waals surface area contributed by atoms with Gasteiger partial charge in [-0.05, 0) is 18.1 Å². The average molecular weight is 295 g/mol. The lowest BCUT2D eigenvalue weighted by atomic mass is 9.92. The van der Waals surface area contributed by atoms with Crippen LogP contribution in [0.4, 0.5) is 0 Å². The number of aliphatic hydroxyl groups excluding tert-OH is 1. The van der Waals surface area contributed by atoms with Crippen molar-refractivity contribution in [2.45, 2.75) is 19.4 Å². The van der Waals surface area contributed by atoms with E-state index in [2.05, 4.69) is 48.5 Å². The Balaban J connectivity index is 2.12. The molecule has 0 spiro atoms. The lowest BCUT2D eigenvalue weighted by molar-refractivity contribution is 0.284. The van der Waals surface area contributed by atoms with E-state index in [0.717, 1.165) is 15.6 Å². The summed E-state index contributed by atoms with van der Waals surface area (Å²) in [6, 6.07) is 20.8. The summed E-state index contributed by atoms with van der Waals surface area (Å²) in [5.74, 6) is 0.122. The molecule has 21 heavy (non-hydrogen) atoms. The van der Waals surface area contributed by atoms with Gasteiger partial charge in [0.15, 0.2) is 0 Å². The second-order valence-electron chi connectivity index (χ2n) is 4.97. The second kappa shape index (κ2) is 6.20. The van der Waals surface area contributed by atoms with Gasteiger partial charge in [-0.1, -0.05) is 60.7 Å². The number of thiazole rings is 1. The predicted molar refractivity (Wildman–Crippen MR) is 86.6 cm³/mol. The highest BCUT2D eigenvalue weighted by Gasteiger charge is 2.21. The van der Waals surface area contributed by atoms with E-state index in [4.69, 9.17) is 4.98 Å². The van der Waals surface area contributed by atoms with Crippen LogP contribution in [0.3, 0.4) is 0 Å². The largest absolute Gasteiger partial charge is 0.391 e. The van der Waals surface area contributed by atoms with E-state index in [-0.39, 0.29) is 12.5 Å². The number of aliphatic hydroxyl groups is 1. The van der Waals surface area contributed by atoms with Gasteiger partial charge in [0, 0.05) is 0 Å². The quantitative estimate of drug-likeness (QED) is 0.785. The SMILES string of the molecule is Cc1nc(C(c2ccccc2)c2ccccc2)sc1CO. The molecule has 3 aromatic rings.